The maximum Gasteiger partial charge on any atom is 0.178 e. The zero-order valence-corrected chi connectivity index (χ0v) is 14.1. The third-order valence-electron chi connectivity index (χ3n) is 4.68. The topological polar surface area (TPSA) is 34.5 Å². The Labute approximate surface area is 137 Å². The van der Waals surface area contributed by atoms with E-state index in [2.05, 4.69) is 21.6 Å². The van der Waals surface area contributed by atoms with E-state index in [4.69, 9.17) is 4.74 Å². The SMILES string of the molecule is COC1CCN(CC(=O)c2cc(C)n(-c3ccccc3)c2C)C1. The second-order valence-electron chi connectivity index (χ2n) is 6.26. The molecule has 1 atom stereocenters. The number of hydrogen-bond donors (Lipinski definition) is 0. The summed E-state index contributed by atoms with van der Waals surface area (Å²) in [5.41, 5.74) is 4.03. The number of aryl methyl sites for hydroxylation is 1. The third kappa shape index (κ3) is 3.23. The summed E-state index contributed by atoms with van der Waals surface area (Å²) in [7, 11) is 1.74. The average molecular weight is 312 g/mol. The van der Waals surface area contributed by atoms with Crippen LogP contribution in [0.1, 0.15) is 28.2 Å². The molecule has 1 saturated heterocycles. The molecule has 23 heavy (non-hydrogen) atoms. The van der Waals surface area contributed by atoms with E-state index in [1.165, 1.54) is 0 Å². The highest BCUT2D eigenvalue weighted by atomic mass is 16.5. The van der Waals surface area contributed by atoms with Crippen LogP contribution >= 0.6 is 0 Å². The number of carbonyl (C=O) groups is 1. The van der Waals surface area contributed by atoms with Crippen molar-refractivity contribution in [1.29, 1.82) is 0 Å². The van der Waals surface area contributed by atoms with Crippen LogP contribution < -0.4 is 0 Å². The Morgan fingerprint density at radius 3 is 2.65 bits per heavy atom. The van der Waals surface area contributed by atoms with Crippen LogP contribution in [-0.4, -0.2) is 48.1 Å². The van der Waals surface area contributed by atoms with Crippen LogP contribution in [0.2, 0.25) is 0 Å². The Morgan fingerprint density at radius 1 is 1.26 bits per heavy atom. The lowest BCUT2D eigenvalue weighted by atomic mass is 10.1. The molecule has 1 unspecified atom stereocenters. The van der Waals surface area contributed by atoms with Gasteiger partial charge in [-0.15, -0.1) is 0 Å². The summed E-state index contributed by atoms with van der Waals surface area (Å²) in [5, 5.41) is 0. The Balaban J connectivity index is 1.80. The highest BCUT2D eigenvalue weighted by molar-refractivity contribution is 5.99. The highest BCUT2D eigenvalue weighted by Gasteiger charge is 2.25. The summed E-state index contributed by atoms with van der Waals surface area (Å²) in [5.74, 6) is 0.192. The number of hydrogen-bond acceptors (Lipinski definition) is 3. The average Bonchev–Trinajstić information content (AvgIpc) is 3.12. The smallest absolute Gasteiger partial charge is 0.178 e. The van der Waals surface area contributed by atoms with E-state index >= 15 is 0 Å². The van der Waals surface area contributed by atoms with Crippen molar-refractivity contribution in [2.75, 3.05) is 26.7 Å². The second-order valence-corrected chi connectivity index (χ2v) is 6.26. The van der Waals surface area contributed by atoms with Gasteiger partial charge >= 0.3 is 0 Å². The van der Waals surface area contributed by atoms with Crippen molar-refractivity contribution in [3.8, 4) is 5.69 Å². The fourth-order valence-electron chi connectivity index (χ4n) is 3.44. The number of ether oxygens (including phenoxy) is 1. The standard InChI is InChI=1S/C19H24N2O2/c1-14-11-18(15(2)21(14)16-7-5-4-6-8-16)19(22)13-20-10-9-17(12-20)23-3/h4-8,11,17H,9-10,12-13H2,1-3H3. The van der Waals surface area contributed by atoms with Gasteiger partial charge in [0.1, 0.15) is 0 Å². The van der Waals surface area contributed by atoms with E-state index in [9.17, 15) is 4.79 Å². The first-order chi connectivity index (χ1) is 11.1. The van der Waals surface area contributed by atoms with Crippen molar-refractivity contribution >= 4 is 5.78 Å². The number of aromatic nitrogens is 1. The number of Topliss-reactive ketones (excluding diaryl/α,β-unsaturated/α-hetero) is 1. The first kappa shape index (κ1) is 16.0. The molecule has 0 amide bonds. The molecule has 4 nitrogen and oxygen atoms in total. The molecule has 0 saturated carbocycles. The Bertz CT molecular complexity index is 691. The van der Waals surface area contributed by atoms with Gasteiger partial charge in [0.2, 0.25) is 0 Å². The summed E-state index contributed by atoms with van der Waals surface area (Å²) in [6.45, 7) is 6.32. The zero-order chi connectivity index (χ0) is 16.4. The van der Waals surface area contributed by atoms with E-state index in [1.807, 2.05) is 38.1 Å². The van der Waals surface area contributed by atoms with E-state index in [-0.39, 0.29) is 11.9 Å². The molecule has 0 radical (unpaired) electrons. The molecule has 1 fully saturated rings. The molecule has 0 N–H and O–H groups in total. The van der Waals surface area contributed by atoms with Crippen molar-refractivity contribution in [1.82, 2.24) is 9.47 Å². The van der Waals surface area contributed by atoms with Crippen molar-refractivity contribution in [2.45, 2.75) is 26.4 Å². The van der Waals surface area contributed by atoms with Crippen LogP contribution in [0.25, 0.3) is 5.69 Å². The maximum atomic E-state index is 12.7. The molecule has 3 rings (SSSR count). The van der Waals surface area contributed by atoms with Gasteiger partial charge in [0.25, 0.3) is 0 Å². The molecular weight excluding hydrogens is 288 g/mol. The molecule has 1 aliphatic heterocycles. The van der Waals surface area contributed by atoms with Gasteiger partial charge in [-0.1, -0.05) is 18.2 Å². The van der Waals surface area contributed by atoms with Gasteiger partial charge in [0.05, 0.1) is 12.6 Å². The molecule has 122 valence electrons. The molecule has 1 aromatic heterocycles. The number of benzene rings is 1. The van der Waals surface area contributed by atoms with Crippen molar-refractivity contribution < 1.29 is 9.53 Å². The molecule has 0 aliphatic carbocycles. The van der Waals surface area contributed by atoms with Crippen LogP contribution in [0.3, 0.4) is 0 Å². The van der Waals surface area contributed by atoms with Crippen LogP contribution in [0.15, 0.2) is 36.4 Å². The first-order valence-electron chi connectivity index (χ1n) is 8.13. The van der Waals surface area contributed by atoms with Crippen molar-refractivity contribution in [3.63, 3.8) is 0 Å². The number of nitrogens with zero attached hydrogens (tertiary/aromatic N) is 2. The monoisotopic (exact) mass is 312 g/mol. The van der Waals surface area contributed by atoms with Crippen LogP contribution in [0.4, 0.5) is 0 Å². The molecule has 2 aromatic rings. The quantitative estimate of drug-likeness (QED) is 0.796. The number of para-hydroxylation sites is 1. The van der Waals surface area contributed by atoms with Gasteiger partial charge in [-0.25, -0.2) is 0 Å². The predicted octanol–water partition coefficient (Wildman–Crippen LogP) is 3.00. The van der Waals surface area contributed by atoms with Gasteiger partial charge in [-0.2, -0.15) is 0 Å². The molecule has 1 aliphatic rings. The molecule has 4 heteroatoms. The molecule has 0 bridgehead atoms. The lowest BCUT2D eigenvalue weighted by Crippen LogP contribution is -2.29. The molecule has 0 spiro atoms. The van der Waals surface area contributed by atoms with Gasteiger partial charge in [0.15, 0.2) is 5.78 Å². The lowest BCUT2D eigenvalue weighted by Gasteiger charge is -2.15. The Morgan fingerprint density at radius 2 is 2.00 bits per heavy atom. The summed E-state index contributed by atoms with van der Waals surface area (Å²) in [6.07, 6.45) is 1.27. The van der Waals surface area contributed by atoms with Gasteiger partial charge in [-0.05, 0) is 38.5 Å². The van der Waals surface area contributed by atoms with Crippen LogP contribution in [-0.2, 0) is 4.74 Å². The maximum absolute atomic E-state index is 12.7. The largest absolute Gasteiger partial charge is 0.380 e. The first-order valence-corrected chi connectivity index (χ1v) is 8.13. The minimum absolute atomic E-state index is 0.192. The number of rotatable bonds is 5. The van der Waals surface area contributed by atoms with Crippen molar-refractivity contribution in [2.24, 2.45) is 0 Å². The minimum atomic E-state index is 0.192. The second kappa shape index (κ2) is 6.69. The van der Waals surface area contributed by atoms with Crippen LogP contribution in [0, 0.1) is 13.8 Å². The van der Waals surface area contributed by atoms with Gasteiger partial charge in [-0.3, -0.25) is 9.69 Å². The number of methoxy groups -OCH3 is 1. The Kier molecular flexibility index (Phi) is 4.64. The Hall–Kier alpha value is -1.91. The van der Waals surface area contributed by atoms with E-state index < -0.39 is 0 Å². The van der Waals surface area contributed by atoms with E-state index in [0.717, 1.165) is 42.1 Å². The van der Waals surface area contributed by atoms with E-state index in [0.29, 0.717) is 6.54 Å². The molecular formula is C19H24N2O2. The summed E-state index contributed by atoms with van der Waals surface area (Å²) in [6, 6.07) is 12.2. The normalized spacial score (nSPS) is 18.5. The third-order valence-corrected chi connectivity index (χ3v) is 4.68. The van der Waals surface area contributed by atoms with Gasteiger partial charge in [0, 0.05) is 42.8 Å². The van der Waals surface area contributed by atoms with Crippen LogP contribution in [0.5, 0.6) is 0 Å². The summed E-state index contributed by atoms with van der Waals surface area (Å²) >= 11 is 0. The zero-order valence-electron chi connectivity index (χ0n) is 14.1. The number of ketones is 1. The highest BCUT2D eigenvalue weighted by Crippen LogP contribution is 2.22. The van der Waals surface area contributed by atoms with E-state index in [1.54, 1.807) is 7.11 Å². The van der Waals surface area contributed by atoms with Gasteiger partial charge < -0.3 is 9.30 Å². The minimum Gasteiger partial charge on any atom is -0.380 e. The lowest BCUT2D eigenvalue weighted by molar-refractivity contribution is 0.0898. The molecule has 1 aromatic carbocycles. The molecule has 2 heterocycles. The predicted molar refractivity (Wildman–Crippen MR) is 91.4 cm³/mol. The fourth-order valence-corrected chi connectivity index (χ4v) is 3.44. The number of likely N-dealkylation sites (tertiary alicyclic amines) is 1. The summed E-state index contributed by atoms with van der Waals surface area (Å²) < 4.78 is 7.52. The summed E-state index contributed by atoms with van der Waals surface area (Å²) in [4.78, 5) is 14.9. The van der Waals surface area contributed by atoms with Crippen molar-refractivity contribution in [3.05, 3.63) is 53.3 Å². The number of carbonyl (C=O) groups excluding carboxylic acids is 1. The fraction of sp³-hybridized carbons (Fsp3) is 0.421.